The van der Waals surface area contributed by atoms with E-state index in [1.54, 1.807) is 42.5 Å². The van der Waals surface area contributed by atoms with Crippen LogP contribution in [0.5, 0.6) is 0 Å². The number of para-hydroxylation sites is 1. The first-order valence-corrected chi connectivity index (χ1v) is 8.70. The van der Waals surface area contributed by atoms with Gasteiger partial charge in [-0.3, -0.25) is 0 Å². The van der Waals surface area contributed by atoms with E-state index in [-0.39, 0.29) is 4.90 Å². The van der Waals surface area contributed by atoms with Crippen LogP contribution in [0.3, 0.4) is 0 Å². The van der Waals surface area contributed by atoms with E-state index in [0.29, 0.717) is 20.9 Å². The molecule has 0 N–H and O–H groups in total. The number of nitrogens with zero attached hydrogens (tertiary/aromatic N) is 2. The second-order valence-electron chi connectivity index (χ2n) is 4.90. The van der Waals surface area contributed by atoms with Crippen LogP contribution in [0, 0.1) is 18.3 Å². The van der Waals surface area contributed by atoms with Crippen molar-refractivity contribution in [1.29, 1.82) is 5.26 Å². The second-order valence-corrected chi connectivity index (χ2v) is 7.57. The lowest BCUT2D eigenvalue weighted by atomic mass is 10.2. The second kappa shape index (κ2) is 5.27. The highest BCUT2D eigenvalue weighted by atomic mass is 79.9. The van der Waals surface area contributed by atoms with Crippen molar-refractivity contribution in [3.63, 3.8) is 0 Å². The molecule has 2 aromatic carbocycles. The minimum atomic E-state index is -3.76. The molecule has 0 fully saturated rings. The maximum absolute atomic E-state index is 12.9. The van der Waals surface area contributed by atoms with E-state index < -0.39 is 10.0 Å². The van der Waals surface area contributed by atoms with Crippen LogP contribution in [-0.2, 0) is 10.0 Å². The van der Waals surface area contributed by atoms with Gasteiger partial charge in [0.1, 0.15) is 6.07 Å². The SMILES string of the molecule is Cc1ccc(S(=O)(=O)n2cc(Br)c3cccc(C#N)c32)cc1. The molecule has 4 nitrogen and oxygen atoms in total. The molecule has 0 aliphatic carbocycles. The summed E-state index contributed by atoms with van der Waals surface area (Å²) in [5.41, 5.74) is 1.69. The Labute approximate surface area is 136 Å². The summed E-state index contributed by atoms with van der Waals surface area (Å²) >= 11 is 3.36. The summed E-state index contributed by atoms with van der Waals surface area (Å²) in [5, 5.41) is 9.96. The number of nitriles is 1. The molecule has 6 heteroatoms. The minimum absolute atomic E-state index is 0.190. The van der Waals surface area contributed by atoms with E-state index in [4.69, 9.17) is 0 Å². The van der Waals surface area contributed by atoms with E-state index >= 15 is 0 Å². The molecule has 0 unspecified atom stereocenters. The molecule has 1 aromatic heterocycles. The van der Waals surface area contributed by atoms with E-state index in [1.165, 1.54) is 6.20 Å². The molecule has 0 radical (unpaired) electrons. The van der Waals surface area contributed by atoms with Crippen molar-refractivity contribution in [3.05, 3.63) is 64.3 Å². The number of halogens is 1. The standard InChI is InChI=1S/C16H11BrN2O2S/c1-11-5-7-13(8-6-11)22(20,21)19-10-15(17)14-4-2-3-12(9-18)16(14)19/h2-8,10H,1H3. The summed E-state index contributed by atoms with van der Waals surface area (Å²) in [6.07, 6.45) is 1.49. The van der Waals surface area contributed by atoms with Gasteiger partial charge < -0.3 is 0 Å². The third-order valence-electron chi connectivity index (χ3n) is 3.44. The number of hydrogen-bond donors (Lipinski definition) is 0. The van der Waals surface area contributed by atoms with Crippen molar-refractivity contribution in [2.24, 2.45) is 0 Å². The zero-order valence-electron chi connectivity index (χ0n) is 11.6. The molecule has 0 saturated carbocycles. The van der Waals surface area contributed by atoms with Crippen molar-refractivity contribution >= 4 is 36.9 Å². The molecule has 22 heavy (non-hydrogen) atoms. The lowest BCUT2D eigenvalue weighted by molar-refractivity contribution is 0.589. The van der Waals surface area contributed by atoms with Gasteiger partial charge in [0.05, 0.1) is 16.0 Å². The molecular weight excluding hydrogens is 364 g/mol. The molecular formula is C16H11BrN2O2S. The fraction of sp³-hybridized carbons (Fsp3) is 0.0625. The van der Waals surface area contributed by atoms with Crippen molar-refractivity contribution < 1.29 is 8.42 Å². The van der Waals surface area contributed by atoms with Gasteiger partial charge in [-0.05, 0) is 41.1 Å². The van der Waals surface area contributed by atoms with Crippen molar-refractivity contribution in [2.75, 3.05) is 0 Å². The zero-order chi connectivity index (χ0) is 15.9. The number of aromatic nitrogens is 1. The van der Waals surface area contributed by atoms with Crippen molar-refractivity contribution in [2.45, 2.75) is 11.8 Å². The van der Waals surface area contributed by atoms with E-state index in [9.17, 15) is 13.7 Å². The van der Waals surface area contributed by atoms with Gasteiger partial charge in [-0.2, -0.15) is 5.26 Å². The van der Waals surface area contributed by atoms with Gasteiger partial charge in [0.15, 0.2) is 0 Å². The number of fused-ring (bicyclic) bond motifs is 1. The highest BCUT2D eigenvalue weighted by molar-refractivity contribution is 9.10. The quantitative estimate of drug-likeness (QED) is 0.684. The molecule has 3 aromatic rings. The molecule has 0 amide bonds. The zero-order valence-corrected chi connectivity index (χ0v) is 14.0. The van der Waals surface area contributed by atoms with Gasteiger partial charge in [0, 0.05) is 16.1 Å². The van der Waals surface area contributed by atoms with Gasteiger partial charge in [-0.15, -0.1) is 0 Å². The summed E-state index contributed by atoms with van der Waals surface area (Å²) < 4.78 is 27.5. The summed E-state index contributed by atoms with van der Waals surface area (Å²) in [5.74, 6) is 0. The summed E-state index contributed by atoms with van der Waals surface area (Å²) in [4.78, 5) is 0.190. The molecule has 0 atom stereocenters. The van der Waals surface area contributed by atoms with Crippen LogP contribution < -0.4 is 0 Å². The Morgan fingerprint density at radius 2 is 1.82 bits per heavy atom. The molecule has 3 rings (SSSR count). The Bertz CT molecular complexity index is 1010. The van der Waals surface area contributed by atoms with Crippen LogP contribution in [0.2, 0.25) is 0 Å². The largest absolute Gasteiger partial charge is 0.268 e. The van der Waals surface area contributed by atoms with Gasteiger partial charge in [-0.25, -0.2) is 12.4 Å². The molecule has 0 aliphatic heterocycles. The van der Waals surface area contributed by atoms with Gasteiger partial charge >= 0.3 is 0 Å². The normalized spacial score (nSPS) is 11.5. The monoisotopic (exact) mass is 374 g/mol. The Morgan fingerprint density at radius 1 is 1.14 bits per heavy atom. The van der Waals surface area contributed by atoms with Gasteiger partial charge in [0.2, 0.25) is 0 Å². The van der Waals surface area contributed by atoms with Gasteiger partial charge in [0.25, 0.3) is 10.0 Å². The van der Waals surface area contributed by atoms with Crippen LogP contribution in [0.1, 0.15) is 11.1 Å². The first kappa shape index (κ1) is 14.8. The Morgan fingerprint density at radius 3 is 2.45 bits per heavy atom. The third kappa shape index (κ3) is 2.23. The Balaban J connectivity index is 2.35. The molecule has 0 saturated heterocycles. The van der Waals surface area contributed by atoms with Crippen molar-refractivity contribution in [3.8, 4) is 6.07 Å². The summed E-state index contributed by atoms with van der Waals surface area (Å²) in [7, 11) is -3.76. The predicted molar refractivity (Wildman–Crippen MR) is 88.1 cm³/mol. The number of hydrogen-bond acceptors (Lipinski definition) is 3. The van der Waals surface area contributed by atoms with Crippen molar-refractivity contribution in [1.82, 2.24) is 3.97 Å². The highest BCUT2D eigenvalue weighted by Gasteiger charge is 2.22. The number of benzene rings is 2. The van der Waals surface area contributed by atoms with Gasteiger partial charge in [-0.1, -0.05) is 29.8 Å². The maximum atomic E-state index is 12.9. The van der Waals surface area contributed by atoms with Crippen LogP contribution in [0.4, 0.5) is 0 Å². The third-order valence-corrected chi connectivity index (χ3v) is 5.75. The fourth-order valence-corrected chi connectivity index (χ4v) is 4.36. The van der Waals surface area contributed by atoms with Crippen LogP contribution in [0.25, 0.3) is 10.9 Å². The lowest BCUT2D eigenvalue weighted by Gasteiger charge is -2.08. The summed E-state index contributed by atoms with van der Waals surface area (Å²) in [6.45, 7) is 1.89. The lowest BCUT2D eigenvalue weighted by Crippen LogP contribution is -2.12. The molecule has 110 valence electrons. The molecule has 0 bridgehead atoms. The highest BCUT2D eigenvalue weighted by Crippen LogP contribution is 2.31. The average Bonchev–Trinajstić information content (AvgIpc) is 2.86. The molecule has 0 aliphatic rings. The maximum Gasteiger partial charge on any atom is 0.268 e. The fourth-order valence-electron chi connectivity index (χ4n) is 2.31. The van der Waals surface area contributed by atoms with E-state index in [1.807, 2.05) is 6.92 Å². The molecule has 1 heterocycles. The summed E-state index contributed by atoms with van der Waals surface area (Å²) in [6, 6.07) is 13.8. The first-order chi connectivity index (χ1) is 10.4. The first-order valence-electron chi connectivity index (χ1n) is 6.47. The Hall–Kier alpha value is -2.10. The predicted octanol–water partition coefficient (Wildman–Crippen LogP) is 3.82. The van der Waals surface area contributed by atoms with Crippen LogP contribution in [0.15, 0.2) is 58.0 Å². The minimum Gasteiger partial charge on any atom is -0.239 e. The Kier molecular flexibility index (Phi) is 3.55. The molecule has 0 spiro atoms. The van der Waals surface area contributed by atoms with Crippen LogP contribution >= 0.6 is 15.9 Å². The van der Waals surface area contributed by atoms with E-state index in [2.05, 4.69) is 22.0 Å². The van der Waals surface area contributed by atoms with Crippen LogP contribution in [-0.4, -0.2) is 12.4 Å². The number of rotatable bonds is 2. The van der Waals surface area contributed by atoms with E-state index in [0.717, 1.165) is 9.54 Å². The smallest absolute Gasteiger partial charge is 0.239 e. The number of aryl methyl sites for hydroxylation is 1. The average molecular weight is 375 g/mol. The topological polar surface area (TPSA) is 62.9 Å².